The standard InChI is InChI=1S/C15H17NO5/c1-2-20-8-10(17)9-21-13-7-16-12-6-4-3-5-11(12)14(13)15(18)19/h3-7,10,17H,2,8-9H2,1H3,(H,18,19). The van der Waals surface area contributed by atoms with Gasteiger partial charge in [-0.25, -0.2) is 4.79 Å². The van der Waals surface area contributed by atoms with Crippen molar-refractivity contribution in [2.24, 2.45) is 0 Å². The Hall–Kier alpha value is -2.18. The number of benzene rings is 1. The molecule has 0 bridgehead atoms. The van der Waals surface area contributed by atoms with Crippen LogP contribution in [0.1, 0.15) is 17.3 Å². The van der Waals surface area contributed by atoms with E-state index >= 15 is 0 Å². The highest BCUT2D eigenvalue weighted by atomic mass is 16.5. The van der Waals surface area contributed by atoms with Crippen molar-refractivity contribution >= 4 is 16.9 Å². The van der Waals surface area contributed by atoms with Gasteiger partial charge in [-0.15, -0.1) is 0 Å². The van der Waals surface area contributed by atoms with E-state index in [-0.39, 0.29) is 24.5 Å². The quantitative estimate of drug-likeness (QED) is 0.807. The molecule has 6 nitrogen and oxygen atoms in total. The van der Waals surface area contributed by atoms with Crippen molar-refractivity contribution < 1.29 is 24.5 Å². The minimum Gasteiger partial charge on any atom is -0.488 e. The molecule has 1 atom stereocenters. The molecule has 0 spiro atoms. The van der Waals surface area contributed by atoms with E-state index in [4.69, 9.17) is 9.47 Å². The number of carboxylic acids is 1. The number of hydrogen-bond acceptors (Lipinski definition) is 5. The van der Waals surface area contributed by atoms with E-state index in [1.54, 1.807) is 24.3 Å². The fraction of sp³-hybridized carbons (Fsp3) is 0.333. The second-order valence-corrected chi connectivity index (χ2v) is 4.44. The second-order valence-electron chi connectivity index (χ2n) is 4.44. The maximum Gasteiger partial charge on any atom is 0.340 e. The van der Waals surface area contributed by atoms with Crippen molar-refractivity contribution in [3.63, 3.8) is 0 Å². The van der Waals surface area contributed by atoms with Gasteiger partial charge < -0.3 is 19.7 Å². The summed E-state index contributed by atoms with van der Waals surface area (Å²) in [4.78, 5) is 15.6. The van der Waals surface area contributed by atoms with E-state index in [2.05, 4.69) is 4.98 Å². The van der Waals surface area contributed by atoms with Crippen LogP contribution in [0, 0.1) is 0 Å². The van der Waals surface area contributed by atoms with E-state index in [1.807, 2.05) is 6.92 Å². The average molecular weight is 291 g/mol. The molecular formula is C15H17NO5. The third kappa shape index (κ3) is 3.68. The fourth-order valence-corrected chi connectivity index (χ4v) is 1.94. The number of pyridine rings is 1. The van der Waals surface area contributed by atoms with Gasteiger partial charge in [0.1, 0.15) is 18.3 Å². The van der Waals surface area contributed by atoms with Crippen molar-refractivity contribution in [1.82, 2.24) is 4.98 Å². The summed E-state index contributed by atoms with van der Waals surface area (Å²) in [6, 6.07) is 6.93. The van der Waals surface area contributed by atoms with Crippen LogP contribution in [0.15, 0.2) is 30.5 Å². The summed E-state index contributed by atoms with van der Waals surface area (Å²) in [5.74, 6) is -0.959. The molecule has 21 heavy (non-hydrogen) atoms. The Morgan fingerprint density at radius 1 is 1.33 bits per heavy atom. The lowest BCUT2D eigenvalue weighted by Gasteiger charge is -2.14. The van der Waals surface area contributed by atoms with Crippen molar-refractivity contribution in [3.8, 4) is 5.75 Å². The molecule has 1 aromatic carbocycles. The summed E-state index contributed by atoms with van der Waals surface area (Å²) in [6.07, 6.45) is 0.539. The molecule has 0 aliphatic carbocycles. The maximum atomic E-state index is 11.5. The summed E-state index contributed by atoms with van der Waals surface area (Å²) < 4.78 is 10.5. The molecule has 0 aliphatic rings. The normalized spacial score (nSPS) is 12.3. The van der Waals surface area contributed by atoms with E-state index < -0.39 is 12.1 Å². The lowest BCUT2D eigenvalue weighted by Crippen LogP contribution is -2.24. The molecule has 0 radical (unpaired) electrons. The van der Waals surface area contributed by atoms with E-state index in [0.29, 0.717) is 17.5 Å². The number of carboxylic acid groups (broad SMARTS) is 1. The number of aliphatic hydroxyl groups is 1. The number of hydrogen-bond donors (Lipinski definition) is 2. The van der Waals surface area contributed by atoms with Crippen molar-refractivity contribution in [1.29, 1.82) is 0 Å². The molecule has 0 amide bonds. The first-order valence-corrected chi connectivity index (χ1v) is 6.63. The number of aromatic carboxylic acids is 1. The minimum absolute atomic E-state index is 0.0456. The highest BCUT2D eigenvalue weighted by molar-refractivity contribution is 6.04. The maximum absolute atomic E-state index is 11.5. The molecule has 0 saturated carbocycles. The van der Waals surface area contributed by atoms with Crippen LogP contribution in [0.25, 0.3) is 10.9 Å². The molecule has 1 aromatic heterocycles. The number of aliphatic hydroxyl groups excluding tert-OH is 1. The van der Waals surface area contributed by atoms with Crippen LogP contribution < -0.4 is 4.74 Å². The smallest absolute Gasteiger partial charge is 0.340 e. The lowest BCUT2D eigenvalue weighted by atomic mass is 10.1. The first kappa shape index (κ1) is 15.2. The van der Waals surface area contributed by atoms with Crippen LogP contribution in [0.3, 0.4) is 0 Å². The molecule has 2 N–H and O–H groups in total. The zero-order valence-electron chi connectivity index (χ0n) is 11.7. The molecule has 2 rings (SSSR count). The summed E-state index contributed by atoms with van der Waals surface area (Å²) >= 11 is 0. The summed E-state index contributed by atoms with van der Waals surface area (Å²) in [5.41, 5.74) is 0.626. The van der Waals surface area contributed by atoms with Gasteiger partial charge in [0.15, 0.2) is 5.75 Å². The van der Waals surface area contributed by atoms with Gasteiger partial charge in [0.2, 0.25) is 0 Å². The predicted molar refractivity (Wildman–Crippen MR) is 76.7 cm³/mol. The van der Waals surface area contributed by atoms with Gasteiger partial charge in [-0.1, -0.05) is 18.2 Å². The minimum atomic E-state index is -1.09. The highest BCUT2D eigenvalue weighted by Crippen LogP contribution is 2.26. The van der Waals surface area contributed by atoms with Crippen LogP contribution in [-0.4, -0.2) is 47.1 Å². The third-order valence-corrected chi connectivity index (χ3v) is 2.90. The van der Waals surface area contributed by atoms with Gasteiger partial charge in [-0.2, -0.15) is 0 Å². The summed E-state index contributed by atoms with van der Waals surface area (Å²) in [6.45, 7) is 2.40. The SMILES string of the molecule is CCOCC(O)COc1cnc2ccccc2c1C(=O)O. The number of carbonyl (C=O) groups is 1. The molecule has 6 heteroatoms. The fourth-order valence-electron chi connectivity index (χ4n) is 1.94. The van der Waals surface area contributed by atoms with Crippen LogP contribution in [-0.2, 0) is 4.74 Å². The van der Waals surface area contributed by atoms with Gasteiger partial charge >= 0.3 is 5.97 Å². The number of ether oxygens (including phenoxy) is 2. The Balaban J connectivity index is 2.23. The summed E-state index contributed by atoms with van der Waals surface area (Å²) in [5, 5.41) is 19.5. The van der Waals surface area contributed by atoms with E-state index in [0.717, 1.165) is 0 Å². The largest absolute Gasteiger partial charge is 0.488 e. The molecule has 112 valence electrons. The zero-order chi connectivity index (χ0) is 15.2. The topological polar surface area (TPSA) is 88.9 Å². The molecule has 1 heterocycles. The van der Waals surface area contributed by atoms with Crippen LogP contribution in [0.2, 0.25) is 0 Å². The Bertz CT molecular complexity index is 628. The molecule has 0 saturated heterocycles. The van der Waals surface area contributed by atoms with Crippen LogP contribution >= 0.6 is 0 Å². The second kappa shape index (κ2) is 7.01. The Morgan fingerprint density at radius 2 is 2.10 bits per heavy atom. The van der Waals surface area contributed by atoms with Crippen molar-refractivity contribution in [2.45, 2.75) is 13.0 Å². The number of fused-ring (bicyclic) bond motifs is 1. The summed E-state index contributed by atoms with van der Waals surface area (Å²) in [7, 11) is 0. The number of aromatic nitrogens is 1. The van der Waals surface area contributed by atoms with Crippen LogP contribution in [0.4, 0.5) is 0 Å². The van der Waals surface area contributed by atoms with Crippen LogP contribution in [0.5, 0.6) is 5.75 Å². The monoisotopic (exact) mass is 291 g/mol. The van der Waals surface area contributed by atoms with Gasteiger partial charge in [0.25, 0.3) is 0 Å². The lowest BCUT2D eigenvalue weighted by molar-refractivity contribution is 0.0160. The Kier molecular flexibility index (Phi) is 5.08. The van der Waals surface area contributed by atoms with Gasteiger partial charge in [-0.05, 0) is 13.0 Å². The van der Waals surface area contributed by atoms with Gasteiger partial charge in [0.05, 0.1) is 18.3 Å². The van der Waals surface area contributed by atoms with Crippen molar-refractivity contribution in [3.05, 3.63) is 36.0 Å². The Morgan fingerprint density at radius 3 is 2.81 bits per heavy atom. The van der Waals surface area contributed by atoms with Gasteiger partial charge in [-0.3, -0.25) is 4.98 Å². The molecule has 1 unspecified atom stereocenters. The number of nitrogens with zero attached hydrogens (tertiary/aromatic N) is 1. The van der Waals surface area contributed by atoms with Crippen molar-refractivity contribution in [2.75, 3.05) is 19.8 Å². The number of para-hydroxylation sites is 1. The first-order valence-electron chi connectivity index (χ1n) is 6.63. The third-order valence-electron chi connectivity index (χ3n) is 2.90. The predicted octanol–water partition coefficient (Wildman–Crippen LogP) is 1.71. The zero-order valence-corrected chi connectivity index (χ0v) is 11.7. The number of rotatable bonds is 7. The molecule has 2 aromatic rings. The molecular weight excluding hydrogens is 274 g/mol. The van der Waals surface area contributed by atoms with Gasteiger partial charge in [0, 0.05) is 12.0 Å². The average Bonchev–Trinajstić information content (AvgIpc) is 2.49. The highest BCUT2D eigenvalue weighted by Gasteiger charge is 2.17. The van der Waals surface area contributed by atoms with E-state index in [9.17, 15) is 15.0 Å². The molecule has 0 aliphatic heterocycles. The first-order chi connectivity index (χ1) is 10.1. The van der Waals surface area contributed by atoms with E-state index in [1.165, 1.54) is 6.20 Å². The molecule has 0 fully saturated rings. The Labute approximate surface area is 121 Å².